The molecule has 0 aliphatic carbocycles. The van der Waals surface area contributed by atoms with Gasteiger partial charge in [-0.2, -0.15) is 10.2 Å². The van der Waals surface area contributed by atoms with Crippen molar-refractivity contribution in [3.63, 3.8) is 0 Å². The quantitative estimate of drug-likeness (QED) is 0.387. The lowest BCUT2D eigenvalue weighted by atomic mass is 10.1. The number of carbonyl (C=O) groups excluding carboxylic acids is 1. The minimum Gasteiger partial charge on any atom is -0.267 e. The Balaban J connectivity index is 1.87. The Labute approximate surface area is 161 Å². The van der Waals surface area contributed by atoms with Crippen LogP contribution in [0.2, 0.25) is 0 Å². The van der Waals surface area contributed by atoms with Gasteiger partial charge >= 0.3 is 0 Å². The standard InChI is InChI=1S/C21H21FN4O2/c1-2-3-6-13-26-21(28)18-8-5-4-7-17(18)19(25-26)20(27)24-23-14-15-9-11-16(22)12-10-15/h4-5,7-12,14H,2-3,6,13H2,1H3,(H,24,27)/b23-14-. The van der Waals surface area contributed by atoms with Gasteiger partial charge in [0.2, 0.25) is 0 Å². The van der Waals surface area contributed by atoms with Gasteiger partial charge < -0.3 is 0 Å². The number of halogens is 1. The van der Waals surface area contributed by atoms with E-state index < -0.39 is 5.91 Å². The first-order chi connectivity index (χ1) is 13.6. The van der Waals surface area contributed by atoms with Crippen LogP contribution < -0.4 is 11.0 Å². The molecule has 0 saturated carbocycles. The van der Waals surface area contributed by atoms with Crippen molar-refractivity contribution in [1.29, 1.82) is 0 Å². The summed E-state index contributed by atoms with van der Waals surface area (Å²) in [7, 11) is 0. The molecule has 1 heterocycles. The van der Waals surface area contributed by atoms with Crippen molar-refractivity contribution < 1.29 is 9.18 Å². The number of unbranched alkanes of at least 4 members (excludes halogenated alkanes) is 2. The van der Waals surface area contributed by atoms with E-state index in [4.69, 9.17) is 0 Å². The number of hydrazone groups is 1. The molecule has 0 saturated heterocycles. The van der Waals surface area contributed by atoms with Crippen LogP contribution in [0.4, 0.5) is 4.39 Å². The second-order valence-electron chi connectivity index (χ2n) is 6.38. The zero-order valence-electron chi connectivity index (χ0n) is 15.6. The molecule has 6 nitrogen and oxygen atoms in total. The van der Waals surface area contributed by atoms with Gasteiger partial charge in [-0.3, -0.25) is 9.59 Å². The van der Waals surface area contributed by atoms with Crippen molar-refractivity contribution in [3.8, 4) is 0 Å². The number of aromatic nitrogens is 2. The maximum absolute atomic E-state index is 12.9. The fourth-order valence-electron chi connectivity index (χ4n) is 2.83. The van der Waals surface area contributed by atoms with E-state index in [1.54, 1.807) is 36.4 Å². The van der Waals surface area contributed by atoms with Crippen LogP contribution in [0.25, 0.3) is 10.8 Å². The van der Waals surface area contributed by atoms with E-state index in [-0.39, 0.29) is 17.1 Å². The summed E-state index contributed by atoms with van der Waals surface area (Å²) in [6.07, 6.45) is 4.22. The van der Waals surface area contributed by atoms with Crippen LogP contribution in [0, 0.1) is 5.82 Å². The lowest BCUT2D eigenvalue weighted by molar-refractivity contribution is 0.0949. The predicted molar refractivity (Wildman–Crippen MR) is 107 cm³/mol. The number of aryl methyl sites for hydroxylation is 1. The molecular formula is C21H21FN4O2. The van der Waals surface area contributed by atoms with Gasteiger partial charge in [0.1, 0.15) is 5.82 Å². The molecule has 1 N–H and O–H groups in total. The highest BCUT2D eigenvalue weighted by atomic mass is 19.1. The predicted octanol–water partition coefficient (Wildman–Crippen LogP) is 3.49. The lowest BCUT2D eigenvalue weighted by Crippen LogP contribution is -2.29. The molecule has 0 aliphatic heterocycles. The topological polar surface area (TPSA) is 76.3 Å². The Morgan fingerprint density at radius 1 is 1.14 bits per heavy atom. The third-order valence-corrected chi connectivity index (χ3v) is 4.31. The van der Waals surface area contributed by atoms with Crippen LogP contribution in [0.3, 0.4) is 0 Å². The monoisotopic (exact) mass is 380 g/mol. The van der Waals surface area contributed by atoms with E-state index in [2.05, 4.69) is 22.5 Å². The first kappa shape index (κ1) is 19.4. The third kappa shape index (κ3) is 4.49. The van der Waals surface area contributed by atoms with Crippen molar-refractivity contribution in [2.75, 3.05) is 0 Å². The van der Waals surface area contributed by atoms with Crippen molar-refractivity contribution in [2.45, 2.75) is 32.7 Å². The van der Waals surface area contributed by atoms with Crippen LogP contribution in [0.5, 0.6) is 0 Å². The molecule has 144 valence electrons. The van der Waals surface area contributed by atoms with E-state index >= 15 is 0 Å². The van der Waals surface area contributed by atoms with Gasteiger partial charge in [-0.1, -0.05) is 50.1 Å². The highest BCUT2D eigenvalue weighted by Crippen LogP contribution is 2.13. The second kappa shape index (κ2) is 9.03. The molecule has 28 heavy (non-hydrogen) atoms. The van der Waals surface area contributed by atoms with Crippen LogP contribution in [-0.4, -0.2) is 21.9 Å². The Morgan fingerprint density at radius 3 is 2.57 bits per heavy atom. The average molecular weight is 380 g/mol. The second-order valence-corrected chi connectivity index (χ2v) is 6.38. The van der Waals surface area contributed by atoms with Gasteiger partial charge in [-0.05, 0) is 30.2 Å². The largest absolute Gasteiger partial charge is 0.292 e. The van der Waals surface area contributed by atoms with E-state index in [1.165, 1.54) is 23.0 Å². The van der Waals surface area contributed by atoms with Gasteiger partial charge in [0.05, 0.1) is 11.6 Å². The molecule has 7 heteroatoms. The Bertz CT molecular complexity index is 1060. The van der Waals surface area contributed by atoms with Crippen molar-refractivity contribution in [3.05, 3.63) is 76.0 Å². The molecule has 2 aromatic carbocycles. The molecule has 0 radical (unpaired) electrons. The molecule has 3 aromatic rings. The van der Waals surface area contributed by atoms with E-state index in [0.29, 0.717) is 22.9 Å². The molecule has 0 fully saturated rings. The lowest BCUT2D eigenvalue weighted by Gasteiger charge is -2.10. The normalized spacial score (nSPS) is 11.2. The zero-order valence-corrected chi connectivity index (χ0v) is 15.6. The zero-order chi connectivity index (χ0) is 19.9. The van der Waals surface area contributed by atoms with E-state index in [9.17, 15) is 14.0 Å². The van der Waals surface area contributed by atoms with Crippen molar-refractivity contribution in [2.24, 2.45) is 5.10 Å². The van der Waals surface area contributed by atoms with Gasteiger partial charge in [-0.15, -0.1) is 0 Å². The molecular weight excluding hydrogens is 359 g/mol. The summed E-state index contributed by atoms with van der Waals surface area (Å²) < 4.78 is 14.3. The molecule has 1 aromatic heterocycles. The minimum absolute atomic E-state index is 0.142. The van der Waals surface area contributed by atoms with E-state index in [0.717, 1.165) is 19.3 Å². The smallest absolute Gasteiger partial charge is 0.267 e. The van der Waals surface area contributed by atoms with Gasteiger partial charge in [-0.25, -0.2) is 14.5 Å². The SMILES string of the molecule is CCCCCn1nc(C(=O)N/N=C\c2ccc(F)cc2)c2ccccc2c1=O. The van der Waals surface area contributed by atoms with Crippen LogP contribution in [-0.2, 0) is 6.54 Å². The molecule has 0 bridgehead atoms. The number of fused-ring (bicyclic) bond motifs is 1. The fourth-order valence-corrected chi connectivity index (χ4v) is 2.83. The van der Waals surface area contributed by atoms with Gasteiger partial charge in [0.15, 0.2) is 5.69 Å². The maximum Gasteiger partial charge on any atom is 0.292 e. The van der Waals surface area contributed by atoms with E-state index in [1.807, 2.05) is 0 Å². The molecule has 1 amide bonds. The molecule has 0 aliphatic rings. The summed E-state index contributed by atoms with van der Waals surface area (Å²) in [5, 5.41) is 9.11. The Kier molecular flexibility index (Phi) is 6.26. The number of nitrogens with zero attached hydrogens (tertiary/aromatic N) is 3. The number of amides is 1. The Hall–Kier alpha value is -3.35. The maximum atomic E-state index is 12.9. The van der Waals surface area contributed by atoms with Crippen LogP contribution >= 0.6 is 0 Å². The van der Waals surface area contributed by atoms with Crippen LogP contribution in [0.15, 0.2) is 58.4 Å². The van der Waals surface area contributed by atoms with Gasteiger partial charge in [0.25, 0.3) is 11.5 Å². The number of benzene rings is 2. The highest BCUT2D eigenvalue weighted by Gasteiger charge is 2.16. The first-order valence-electron chi connectivity index (χ1n) is 9.19. The van der Waals surface area contributed by atoms with Crippen molar-refractivity contribution in [1.82, 2.24) is 15.2 Å². The molecule has 0 unspecified atom stereocenters. The number of hydrogen-bond acceptors (Lipinski definition) is 4. The summed E-state index contributed by atoms with van der Waals surface area (Å²) in [5.41, 5.74) is 3.00. The number of nitrogens with one attached hydrogen (secondary N) is 1. The number of hydrogen-bond donors (Lipinski definition) is 1. The molecule has 0 atom stereocenters. The molecule has 0 spiro atoms. The van der Waals surface area contributed by atoms with Crippen LogP contribution in [0.1, 0.15) is 42.2 Å². The fraction of sp³-hybridized carbons (Fsp3) is 0.238. The summed E-state index contributed by atoms with van der Waals surface area (Å²) in [4.78, 5) is 25.3. The summed E-state index contributed by atoms with van der Waals surface area (Å²) in [6, 6.07) is 12.6. The average Bonchev–Trinajstić information content (AvgIpc) is 2.71. The van der Waals surface area contributed by atoms with Crippen molar-refractivity contribution >= 4 is 22.9 Å². The number of carbonyl (C=O) groups is 1. The highest BCUT2D eigenvalue weighted by molar-refractivity contribution is 6.04. The number of rotatable bonds is 7. The Morgan fingerprint density at radius 2 is 1.86 bits per heavy atom. The summed E-state index contributed by atoms with van der Waals surface area (Å²) in [5.74, 6) is -0.860. The summed E-state index contributed by atoms with van der Waals surface area (Å²) >= 11 is 0. The van der Waals surface area contributed by atoms with Gasteiger partial charge in [0, 0.05) is 11.9 Å². The minimum atomic E-state index is -0.515. The third-order valence-electron chi connectivity index (χ3n) is 4.31. The molecule has 3 rings (SSSR count). The summed E-state index contributed by atoms with van der Waals surface area (Å²) in [6.45, 7) is 2.53. The first-order valence-corrected chi connectivity index (χ1v) is 9.19.